The molecule has 2 N–H and O–H groups in total. The highest BCUT2D eigenvalue weighted by atomic mass is 32.2. The van der Waals surface area contributed by atoms with Gasteiger partial charge in [-0.25, -0.2) is 0 Å². The Morgan fingerprint density at radius 3 is 2.76 bits per heavy atom. The molecule has 0 bridgehead atoms. The van der Waals surface area contributed by atoms with Gasteiger partial charge in [-0.2, -0.15) is 11.8 Å². The van der Waals surface area contributed by atoms with Crippen molar-refractivity contribution in [3.05, 3.63) is 23.8 Å². The van der Waals surface area contributed by atoms with Crippen LogP contribution in [-0.2, 0) is 6.54 Å². The van der Waals surface area contributed by atoms with Crippen LogP contribution in [0.5, 0.6) is 11.5 Å². The molecule has 1 aliphatic carbocycles. The van der Waals surface area contributed by atoms with Crippen LogP contribution in [0.2, 0.25) is 0 Å². The second kappa shape index (κ2) is 11.1. The van der Waals surface area contributed by atoms with E-state index in [1.807, 2.05) is 23.9 Å². The van der Waals surface area contributed by atoms with Crippen molar-refractivity contribution in [2.45, 2.75) is 44.8 Å². The van der Waals surface area contributed by atoms with Crippen LogP contribution in [0.4, 0.5) is 0 Å². The number of ether oxygens (including phenoxy) is 2. The van der Waals surface area contributed by atoms with Gasteiger partial charge >= 0.3 is 0 Å². The van der Waals surface area contributed by atoms with E-state index >= 15 is 0 Å². The van der Waals surface area contributed by atoms with Gasteiger partial charge in [0.2, 0.25) is 0 Å². The third kappa shape index (κ3) is 6.34. The van der Waals surface area contributed by atoms with Crippen LogP contribution in [0, 0.1) is 0 Å². The molecule has 1 saturated carbocycles. The van der Waals surface area contributed by atoms with E-state index in [2.05, 4.69) is 27.9 Å². The Bertz CT molecular complexity index is 545. The van der Waals surface area contributed by atoms with Crippen molar-refractivity contribution in [3.8, 4) is 11.5 Å². The summed E-state index contributed by atoms with van der Waals surface area (Å²) in [6.45, 7) is 1.57. The second-order valence-electron chi connectivity index (χ2n) is 6.17. The number of nitrogens with zero attached hydrogens (tertiary/aromatic N) is 1. The zero-order chi connectivity index (χ0) is 17.9. The lowest BCUT2D eigenvalue weighted by molar-refractivity contribution is 0.198. The van der Waals surface area contributed by atoms with E-state index in [9.17, 15) is 0 Å². The summed E-state index contributed by atoms with van der Waals surface area (Å²) in [6, 6.07) is 6.05. The smallest absolute Gasteiger partial charge is 0.191 e. The largest absolute Gasteiger partial charge is 0.493 e. The van der Waals surface area contributed by atoms with Gasteiger partial charge in [0.1, 0.15) is 0 Å². The molecule has 0 spiro atoms. The van der Waals surface area contributed by atoms with Crippen LogP contribution in [0.15, 0.2) is 23.2 Å². The highest BCUT2D eigenvalue weighted by Gasteiger charge is 2.20. The van der Waals surface area contributed by atoms with Crippen molar-refractivity contribution >= 4 is 17.7 Å². The first-order valence-electron chi connectivity index (χ1n) is 9.04. The molecule has 5 nitrogen and oxygen atoms in total. The minimum Gasteiger partial charge on any atom is -0.493 e. The van der Waals surface area contributed by atoms with E-state index in [4.69, 9.17) is 9.47 Å². The number of rotatable bonds is 9. The molecule has 1 fully saturated rings. The Morgan fingerprint density at radius 1 is 1.28 bits per heavy atom. The zero-order valence-corrected chi connectivity index (χ0v) is 16.5. The van der Waals surface area contributed by atoms with E-state index in [1.54, 1.807) is 14.2 Å². The summed E-state index contributed by atoms with van der Waals surface area (Å²) >= 11 is 1.86. The summed E-state index contributed by atoms with van der Waals surface area (Å²) in [5, 5.41) is 6.72. The van der Waals surface area contributed by atoms with Gasteiger partial charge in [-0.05, 0) is 50.2 Å². The van der Waals surface area contributed by atoms with Gasteiger partial charge in [0.05, 0.1) is 13.2 Å². The quantitative estimate of drug-likeness (QED) is 0.399. The first-order valence-corrected chi connectivity index (χ1v) is 10.4. The predicted octanol–water partition coefficient (Wildman–Crippen LogP) is 3.43. The van der Waals surface area contributed by atoms with E-state index < -0.39 is 0 Å². The van der Waals surface area contributed by atoms with Gasteiger partial charge in [-0.3, -0.25) is 4.99 Å². The lowest BCUT2D eigenvalue weighted by Crippen LogP contribution is -2.37. The Balaban J connectivity index is 1.97. The minimum atomic E-state index is 0.305. The van der Waals surface area contributed by atoms with Crippen LogP contribution >= 0.6 is 11.8 Å². The van der Waals surface area contributed by atoms with Gasteiger partial charge < -0.3 is 20.1 Å². The number of aliphatic imine (C=N–C) groups is 1. The molecular formula is C19H31N3O2S. The predicted molar refractivity (Wildman–Crippen MR) is 107 cm³/mol. The first-order chi connectivity index (χ1) is 12.3. The van der Waals surface area contributed by atoms with E-state index in [1.165, 1.54) is 12.8 Å². The molecule has 1 aliphatic rings. The lowest BCUT2D eigenvalue weighted by Gasteiger charge is -2.20. The van der Waals surface area contributed by atoms with Crippen molar-refractivity contribution in [3.63, 3.8) is 0 Å². The topological polar surface area (TPSA) is 54.9 Å². The van der Waals surface area contributed by atoms with Crippen molar-refractivity contribution < 1.29 is 9.47 Å². The molecule has 6 heteroatoms. The Labute approximate surface area is 156 Å². The van der Waals surface area contributed by atoms with Crippen molar-refractivity contribution in [1.82, 2.24) is 10.6 Å². The summed E-state index contributed by atoms with van der Waals surface area (Å²) < 4.78 is 11.8. The number of nitrogens with one attached hydrogen (secondary N) is 2. The highest BCUT2D eigenvalue weighted by molar-refractivity contribution is 7.98. The molecular weight excluding hydrogens is 334 g/mol. The summed E-state index contributed by atoms with van der Waals surface area (Å²) in [5.74, 6) is 3.63. The van der Waals surface area contributed by atoms with Crippen molar-refractivity contribution in [2.75, 3.05) is 32.7 Å². The van der Waals surface area contributed by atoms with Crippen LogP contribution < -0.4 is 20.1 Å². The monoisotopic (exact) mass is 365 g/mol. The third-order valence-electron chi connectivity index (χ3n) is 4.35. The van der Waals surface area contributed by atoms with E-state index in [0.29, 0.717) is 12.6 Å². The first kappa shape index (κ1) is 19.8. The van der Waals surface area contributed by atoms with Crippen LogP contribution in [0.25, 0.3) is 0 Å². The van der Waals surface area contributed by atoms with Gasteiger partial charge in [0.15, 0.2) is 17.5 Å². The van der Waals surface area contributed by atoms with Gasteiger partial charge in [0.25, 0.3) is 0 Å². The maximum atomic E-state index is 6.28. The highest BCUT2D eigenvalue weighted by Crippen LogP contribution is 2.34. The van der Waals surface area contributed by atoms with Crippen molar-refractivity contribution in [1.29, 1.82) is 0 Å². The van der Waals surface area contributed by atoms with Gasteiger partial charge in [0, 0.05) is 25.7 Å². The third-order valence-corrected chi connectivity index (χ3v) is 5.05. The van der Waals surface area contributed by atoms with Crippen LogP contribution in [0.1, 0.15) is 37.7 Å². The fraction of sp³-hybridized carbons (Fsp3) is 0.632. The molecule has 25 heavy (non-hydrogen) atoms. The van der Waals surface area contributed by atoms with E-state index in [-0.39, 0.29) is 0 Å². The maximum absolute atomic E-state index is 6.28. The number of hydrogen-bond donors (Lipinski definition) is 2. The second-order valence-corrected chi connectivity index (χ2v) is 7.16. The molecule has 0 radical (unpaired) electrons. The summed E-state index contributed by atoms with van der Waals surface area (Å²) in [5.41, 5.74) is 1.10. The minimum absolute atomic E-state index is 0.305. The molecule has 0 saturated heterocycles. The summed E-state index contributed by atoms with van der Waals surface area (Å²) in [4.78, 5) is 4.29. The average molecular weight is 366 g/mol. The molecule has 0 aliphatic heterocycles. The van der Waals surface area contributed by atoms with E-state index in [0.717, 1.165) is 54.6 Å². The molecule has 0 aromatic heterocycles. The van der Waals surface area contributed by atoms with Crippen molar-refractivity contribution in [2.24, 2.45) is 4.99 Å². The number of methoxy groups -OCH3 is 1. The molecule has 1 aromatic carbocycles. The number of guanidine groups is 1. The Morgan fingerprint density at radius 2 is 2.08 bits per heavy atom. The summed E-state index contributed by atoms with van der Waals surface area (Å²) in [6.07, 6.45) is 8.31. The molecule has 1 aromatic rings. The Hall–Kier alpha value is -1.56. The average Bonchev–Trinajstić information content (AvgIpc) is 3.15. The van der Waals surface area contributed by atoms with Gasteiger partial charge in [-0.15, -0.1) is 0 Å². The fourth-order valence-corrected chi connectivity index (χ4v) is 3.42. The zero-order valence-electron chi connectivity index (χ0n) is 15.6. The van der Waals surface area contributed by atoms with Gasteiger partial charge in [-0.1, -0.05) is 12.1 Å². The molecule has 2 rings (SSSR count). The maximum Gasteiger partial charge on any atom is 0.191 e. The Kier molecular flexibility index (Phi) is 8.80. The molecule has 0 atom stereocenters. The lowest BCUT2D eigenvalue weighted by atomic mass is 10.1. The molecule has 0 heterocycles. The molecule has 140 valence electrons. The van der Waals surface area contributed by atoms with Crippen LogP contribution in [-0.4, -0.2) is 44.8 Å². The standard InChI is InChI=1S/C19H31N3O2S/c1-20-19(21-12-7-13-25-3)22-14-15-8-6-11-17(23-2)18(15)24-16-9-4-5-10-16/h6,8,11,16H,4-5,7,9-10,12-14H2,1-3H3,(H2,20,21,22). The molecule has 0 unspecified atom stereocenters. The fourth-order valence-electron chi connectivity index (χ4n) is 2.99. The number of para-hydroxylation sites is 1. The number of hydrogen-bond acceptors (Lipinski definition) is 4. The normalized spacial score (nSPS) is 15.2. The molecule has 0 amide bonds. The number of benzene rings is 1. The number of thioether (sulfide) groups is 1. The SMILES string of the molecule is CN=C(NCCCSC)NCc1cccc(OC)c1OC1CCCC1. The van der Waals surface area contributed by atoms with Crippen LogP contribution in [0.3, 0.4) is 0 Å². The summed E-state index contributed by atoms with van der Waals surface area (Å²) in [7, 11) is 3.49.